The van der Waals surface area contributed by atoms with Gasteiger partial charge >= 0.3 is 0 Å². The monoisotopic (exact) mass is 365 g/mol. The average molecular weight is 367 g/mol. The summed E-state index contributed by atoms with van der Waals surface area (Å²) in [4.78, 5) is 12.9. The maximum Gasteiger partial charge on any atom is 0.254 e. The van der Waals surface area contributed by atoms with Crippen LogP contribution in [0.1, 0.15) is 15.2 Å². The summed E-state index contributed by atoms with van der Waals surface area (Å²) in [6.07, 6.45) is 0. The number of hydrogen-bond donors (Lipinski definition) is 1. The maximum absolute atomic E-state index is 11.9. The summed E-state index contributed by atoms with van der Waals surface area (Å²) in [5.74, 6) is -0.332. The molecule has 1 N–H and O–H groups in total. The Hall–Kier alpha value is -0.690. The summed E-state index contributed by atoms with van der Waals surface area (Å²) >= 11 is 16.3. The molecule has 0 bridgehead atoms. The van der Waals surface area contributed by atoms with Gasteiger partial charge in [0.2, 0.25) is 0 Å². The average Bonchev–Trinajstić information content (AvgIpc) is 2.75. The van der Waals surface area contributed by atoms with Crippen LogP contribution in [0.4, 0.5) is 0 Å². The van der Waals surface area contributed by atoms with Gasteiger partial charge in [-0.2, -0.15) is 0 Å². The quantitative estimate of drug-likeness (QED) is 0.903. The highest BCUT2D eigenvalue weighted by Crippen LogP contribution is 2.22. The number of halogens is 3. The zero-order valence-electron chi connectivity index (χ0n) is 8.78. The van der Waals surface area contributed by atoms with Crippen LogP contribution in [0.15, 0.2) is 22.0 Å². The lowest BCUT2D eigenvalue weighted by Gasteiger charge is -2.04. The summed E-state index contributed by atoms with van der Waals surface area (Å²) in [7, 11) is 0. The highest BCUT2D eigenvalue weighted by atomic mass is 79.9. The number of thiophene rings is 1. The number of hydrogen-bond acceptors (Lipinski definition) is 4. The molecule has 18 heavy (non-hydrogen) atoms. The summed E-state index contributed by atoms with van der Waals surface area (Å²) in [5.41, 5.74) is 0.215. The number of rotatable bonds is 3. The van der Waals surface area contributed by atoms with Crippen LogP contribution in [-0.4, -0.2) is 16.1 Å². The van der Waals surface area contributed by atoms with E-state index in [9.17, 15) is 4.79 Å². The fourth-order valence-electron chi connectivity index (χ4n) is 1.22. The Labute approximate surface area is 125 Å². The van der Waals surface area contributed by atoms with Crippen molar-refractivity contribution >= 4 is 56.4 Å². The first kappa shape index (κ1) is 13.7. The number of aromatic nitrogens is 2. The molecule has 0 unspecified atom stereocenters. The molecule has 2 aromatic heterocycles. The van der Waals surface area contributed by atoms with Gasteiger partial charge in [0, 0.05) is 4.88 Å². The molecule has 2 rings (SSSR count). The highest BCUT2D eigenvalue weighted by Gasteiger charge is 2.13. The van der Waals surface area contributed by atoms with Gasteiger partial charge in [0.1, 0.15) is 0 Å². The third kappa shape index (κ3) is 3.41. The van der Waals surface area contributed by atoms with Crippen molar-refractivity contribution in [3.63, 3.8) is 0 Å². The van der Waals surface area contributed by atoms with E-state index in [0.717, 1.165) is 8.66 Å². The Kier molecular flexibility index (Phi) is 4.55. The van der Waals surface area contributed by atoms with Crippen molar-refractivity contribution in [1.82, 2.24) is 15.5 Å². The molecule has 0 aromatic carbocycles. The molecule has 0 saturated heterocycles. The molecular weight excluding hydrogens is 361 g/mol. The molecule has 0 aliphatic carbocycles. The number of nitrogens with zero attached hydrogens (tertiary/aromatic N) is 2. The molecule has 0 aliphatic rings. The van der Waals surface area contributed by atoms with Crippen LogP contribution >= 0.6 is 50.5 Å². The number of nitrogens with one attached hydrogen (secondary N) is 1. The van der Waals surface area contributed by atoms with Crippen LogP contribution in [0, 0.1) is 0 Å². The number of carbonyl (C=O) groups excluding carboxylic acids is 1. The van der Waals surface area contributed by atoms with Gasteiger partial charge in [-0.25, -0.2) is 0 Å². The van der Waals surface area contributed by atoms with Gasteiger partial charge < -0.3 is 5.32 Å². The molecule has 0 atom stereocenters. The summed E-state index contributed by atoms with van der Waals surface area (Å²) in [6, 6.07) is 5.23. The van der Waals surface area contributed by atoms with Gasteiger partial charge in [0.15, 0.2) is 10.3 Å². The van der Waals surface area contributed by atoms with Crippen LogP contribution in [0.2, 0.25) is 10.3 Å². The van der Waals surface area contributed by atoms with E-state index >= 15 is 0 Å². The summed E-state index contributed by atoms with van der Waals surface area (Å²) in [6.45, 7) is 0.422. The van der Waals surface area contributed by atoms with Crippen molar-refractivity contribution in [2.75, 3.05) is 0 Å². The van der Waals surface area contributed by atoms with Gasteiger partial charge in [-0.05, 0) is 34.1 Å². The Morgan fingerprint density at radius 1 is 1.39 bits per heavy atom. The second-order valence-electron chi connectivity index (χ2n) is 3.26. The lowest BCUT2D eigenvalue weighted by Crippen LogP contribution is -2.23. The summed E-state index contributed by atoms with van der Waals surface area (Å²) in [5, 5.41) is 10.0. The SMILES string of the molecule is O=C(NCc1ccc(Br)s1)c1cc(Cl)nnc1Cl. The topological polar surface area (TPSA) is 54.9 Å². The smallest absolute Gasteiger partial charge is 0.254 e. The molecule has 94 valence electrons. The van der Waals surface area contributed by atoms with Crippen molar-refractivity contribution in [3.8, 4) is 0 Å². The van der Waals surface area contributed by atoms with Gasteiger partial charge in [0.05, 0.1) is 15.9 Å². The minimum absolute atomic E-state index is 0.0317. The van der Waals surface area contributed by atoms with E-state index in [4.69, 9.17) is 23.2 Å². The normalized spacial score (nSPS) is 10.4. The van der Waals surface area contributed by atoms with Gasteiger partial charge in [0.25, 0.3) is 5.91 Å². The Morgan fingerprint density at radius 2 is 2.17 bits per heavy atom. The van der Waals surface area contributed by atoms with Gasteiger partial charge in [-0.15, -0.1) is 21.5 Å². The first-order chi connectivity index (χ1) is 8.56. The van der Waals surface area contributed by atoms with E-state index in [0.29, 0.717) is 6.54 Å². The maximum atomic E-state index is 11.9. The van der Waals surface area contributed by atoms with Crippen LogP contribution in [0.25, 0.3) is 0 Å². The van der Waals surface area contributed by atoms with Crippen LogP contribution in [0.5, 0.6) is 0 Å². The van der Waals surface area contributed by atoms with E-state index in [1.54, 1.807) is 11.3 Å². The lowest BCUT2D eigenvalue weighted by atomic mass is 10.3. The van der Waals surface area contributed by atoms with Crippen molar-refractivity contribution in [1.29, 1.82) is 0 Å². The predicted molar refractivity (Wildman–Crippen MR) is 75.2 cm³/mol. The molecule has 0 spiro atoms. The largest absolute Gasteiger partial charge is 0.347 e. The number of carbonyl (C=O) groups is 1. The van der Waals surface area contributed by atoms with Gasteiger partial charge in [-0.3, -0.25) is 4.79 Å². The molecule has 0 aliphatic heterocycles. The van der Waals surface area contributed by atoms with E-state index in [2.05, 4.69) is 31.4 Å². The molecule has 2 aromatic rings. The Morgan fingerprint density at radius 3 is 2.83 bits per heavy atom. The Balaban J connectivity index is 2.05. The van der Waals surface area contributed by atoms with Crippen molar-refractivity contribution < 1.29 is 4.79 Å². The van der Waals surface area contributed by atoms with E-state index in [-0.39, 0.29) is 21.8 Å². The first-order valence-corrected chi connectivity index (χ1v) is 7.14. The van der Waals surface area contributed by atoms with Crippen LogP contribution in [-0.2, 0) is 6.54 Å². The van der Waals surface area contributed by atoms with E-state index in [1.165, 1.54) is 6.07 Å². The molecular formula is C10H6BrCl2N3OS. The third-order valence-corrected chi connectivity index (χ3v) is 4.10. The van der Waals surface area contributed by atoms with Crippen molar-refractivity contribution in [3.05, 3.63) is 42.7 Å². The van der Waals surface area contributed by atoms with Crippen LogP contribution < -0.4 is 5.32 Å². The first-order valence-electron chi connectivity index (χ1n) is 4.77. The van der Waals surface area contributed by atoms with Crippen molar-refractivity contribution in [2.24, 2.45) is 0 Å². The van der Waals surface area contributed by atoms with Crippen molar-refractivity contribution in [2.45, 2.75) is 6.54 Å². The second-order valence-corrected chi connectivity index (χ2v) is 6.55. The molecule has 0 radical (unpaired) electrons. The predicted octanol–water partition coefficient (Wildman–Crippen LogP) is 3.54. The molecule has 8 heteroatoms. The lowest BCUT2D eigenvalue weighted by molar-refractivity contribution is 0.0951. The minimum Gasteiger partial charge on any atom is -0.347 e. The fourth-order valence-corrected chi connectivity index (χ4v) is 2.97. The third-order valence-electron chi connectivity index (χ3n) is 2.02. The standard InChI is InChI=1S/C10H6BrCl2N3OS/c11-7-2-1-5(18-7)4-14-10(17)6-3-8(12)15-16-9(6)13/h1-3H,4H2,(H,14,17). The molecule has 2 heterocycles. The van der Waals surface area contributed by atoms with E-state index in [1.807, 2.05) is 12.1 Å². The van der Waals surface area contributed by atoms with E-state index < -0.39 is 0 Å². The zero-order chi connectivity index (χ0) is 13.1. The fraction of sp³-hybridized carbons (Fsp3) is 0.100. The highest BCUT2D eigenvalue weighted by molar-refractivity contribution is 9.11. The van der Waals surface area contributed by atoms with Gasteiger partial charge in [-0.1, -0.05) is 23.2 Å². The molecule has 4 nitrogen and oxygen atoms in total. The second kappa shape index (κ2) is 5.97. The van der Waals surface area contributed by atoms with Crippen LogP contribution in [0.3, 0.4) is 0 Å². The Bertz CT molecular complexity index is 590. The molecule has 1 amide bonds. The zero-order valence-corrected chi connectivity index (χ0v) is 12.7. The molecule has 0 fully saturated rings. The molecule has 0 saturated carbocycles. The number of amides is 1. The minimum atomic E-state index is -0.332. The summed E-state index contributed by atoms with van der Waals surface area (Å²) < 4.78 is 1.01.